The maximum Gasteiger partial charge on any atom is 0.164 e. The summed E-state index contributed by atoms with van der Waals surface area (Å²) in [5.74, 6) is 0.421. The van der Waals surface area contributed by atoms with Gasteiger partial charge in [-0.1, -0.05) is 11.6 Å². The Morgan fingerprint density at radius 1 is 1.54 bits per heavy atom. The first-order valence-electron chi connectivity index (χ1n) is 3.61. The van der Waals surface area contributed by atoms with Crippen molar-refractivity contribution in [2.75, 3.05) is 7.11 Å². The lowest BCUT2D eigenvalue weighted by atomic mass is 10.1. The van der Waals surface area contributed by atoms with E-state index in [-0.39, 0.29) is 5.78 Å². The lowest BCUT2D eigenvalue weighted by Crippen LogP contribution is -2.01. The second-order valence-electron chi connectivity index (χ2n) is 2.49. The molecular weight excluding hydrogens is 302 g/mol. The van der Waals surface area contributed by atoms with Gasteiger partial charge in [0, 0.05) is 3.57 Å². The van der Waals surface area contributed by atoms with E-state index in [4.69, 9.17) is 16.3 Å². The minimum atomic E-state index is -0.0382. The van der Waals surface area contributed by atoms with Gasteiger partial charge in [0.15, 0.2) is 5.78 Å². The Kier molecular flexibility index (Phi) is 3.55. The number of Topliss-reactive ketones (excluding diaryl/α,β-unsaturated/α-hetero) is 1. The predicted molar refractivity (Wildman–Crippen MR) is 60.7 cm³/mol. The summed E-state index contributed by atoms with van der Waals surface area (Å²) in [6.07, 6.45) is 0. The maximum absolute atomic E-state index is 11.3. The topological polar surface area (TPSA) is 26.3 Å². The molecule has 0 atom stereocenters. The van der Waals surface area contributed by atoms with Crippen molar-refractivity contribution in [2.45, 2.75) is 6.92 Å². The third-order valence-corrected chi connectivity index (χ3v) is 2.81. The van der Waals surface area contributed by atoms with E-state index >= 15 is 0 Å². The summed E-state index contributed by atoms with van der Waals surface area (Å²) in [6.45, 7) is 1.50. The van der Waals surface area contributed by atoms with Gasteiger partial charge in [0.05, 0.1) is 17.7 Å². The molecule has 0 radical (unpaired) electrons. The highest BCUT2D eigenvalue weighted by atomic mass is 127. The van der Waals surface area contributed by atoms with Gasteiger partial charge in [0.25, 0.3) is 0 Å². The average molecular weight is 311 g/mol. The summed E-state index contributed by atoms with van der Waals surface area (Å²) in [6, 6.07) is 3.51. The van der Waals surface area contributed by atoms with Crippen molar-refractivity contribution in [3.63, 3.8) is 0 Å². The maximum atomic E-state index is 11.3. The molecule has 0 aliphatic heterocycles. The SMILES string of the molecule is COc1c(Cl)ccc(I)c1C(C)=O. The summed E-state index contributed by atoms with van der Waals surface area (Å²) < 4.78 is 5.91. The molecule has 0 saturated heterocycles. The second-order valence-corrected chi connectivity index (χ2v) is 4.06. The molecule has 13 heavy (non-hydrogen) atoms. The van der Waals surface area contributed by atoms with Crippen molar-refractivity contribution in [2.24, 2.45) is 0 Å². The highest BCUT2D eigenvalue weighted by molar-refractivity contribution is 14.1. The number of rotatable bonds is 2. The van der Waals surface area contributed by atoms with Crippen LogP contribution in [0.3, 0.4) is 0 Å². The van der Waals surface area contributed by atoms with E-state index in [0.29, 0.717) is 16.3 Å². The van der Waals surface area contributed by atoms with Gasteiger partial charge in [0.1, 0.15) is 5.75 Å². The Labute approximate surface area is 95.4 Å². The fourth-order valence-electron chi connectivity index (χ4n) is 1.06. The van der Waals surface area contributed by atoms with E-state index in [0.717, 1.165) is 3.57 Å². The quantitative estimate of drug-likeness (QED) is 0.619. The molecule has 70 valence electrons. The summed E-state index contributed by atoms with van der Waals surface area (Å²) >= 11 is 7.95. The molecule has 1 aromatic carbocycles. The normalized spacial score (nSPS) is 9.85. The largest absolute Gasteiger partial charge is 0.494 e. The van der Waals surface area contributed by atoms with E-state index in [1.165, 1.54) is 14.0 Å². The molecule has 2 nitrogen and oxygen atoms in total. The molecule has 0 spiro atoms. The molecule has 0 aromatic heterocycles. The number of carbonyl (C=O) groups is 1. The number of methoxy groups -OCH3 is 1. The highest BCUT2D eigenvalue weighted by Crippen LogP contribution is 2.32. The van der Waals surface area contributed by atoms with Crippen molar-refractivity contribution < 1.29 is 9.53 Å². The van der Waals surface area contributed by atoms with Gasteiger partial charge in [-0.2, -0.15) is 0 Å². The molecule has 0 amide bonds. The van der Waals surface area contributed by atoms with Crippen LogP contribution in [0.4, 0.5) is 0 Å². The predicted octanol–water partition coefficient (Wildman–Crippen LogP) is 3.16. The molecular formula is C9H8ClIO2. The van der Waals surface area contributed by atoms with Gasteiger partial charge in [-0.05, 0) is 41.6 Å². The number of hydrogen-bond acceptors (Lipinski definition) is 2. The second kappa shape index (κ2) is 4.28. The third kappa shape index (κ3) is 2.14. The number of carbonyl (C=O) groups excluding carboxylic acids is 1. The lowest BCUT2D eigenvalue weighted by molar-refractivity contribution is 0.101. The van der Waals surface area contributed by atoms with Crippen LogP contribution in [-0.4, -0.2) is 12.9 Å². The van der Waals surface area contributed by atoms with Crippen LogP contribution >= 0.6 is 34.2 Å². The summed E-state index contributed by atoms with van der Waals surface area (Å²) in [7, 11) is 1.50. The Morgan fingerprint density at radius 2 is 2.15 bits per heavy atom. The lowest BCUT2D eigenvalue weighted by Gasteiger charge is -2.09. The number of halogens is 2. The number of hydrogen-bond donors (Lipinski definition) is 0. The molecule has 0 N–H and O–H groups in total. The third-order valence-electron chi connectivity index (χ3n) is 1.61. The van der Waals surface area contributed by atoms with E-state index in [1.807, 2.05) is 0 Å². The molecule has 1 aromatic rings. The number of ether oxygens (including phenoxy) is 1. The van der Waals surface area contributed by atoms with Gasteiger partial charge in [0.2, 0.25) is 0 Å². The van der Waals surface area contributed by atoms with Crippen molar-refractivity contribution in [1.29, 1.82) is 0 Å². The molecule has 1 rings (SSSR count). The van der Waals surface area contributed by atoms with Gasteiger partial charge in [-0.3, -0.25) is 4.79 Å². The van der Waals surface area contributed by atoms with Crippen LogP contribution < -0.4 is 4.74 Å². The Bertz CT molecular complexity index is 350. The zero-order valence-electron chi connectivity index (χ0n) is 7.23. The van der Waals surface area contributed by atoms with Crippen LogP contribution in [0, 0.1) is 3.57 Å². The molecule has 0 bridgehead atoms. The fraction of sp³-hybridized carbons (Fsp3) is 0.222. The van der Waals surface area contributed by atoms with Crippen LogP contribution in [0.5, 0.6) is 5.75 Å². The van der Waals surface area contributed by atoms with Gasteiger partial charge in [-0.25, -0.2) is 0 Å². The van der Waals surface area contributed by atoms with E-state index in [9.17, 15) is 4.79 Å². The zero-order valence-corrected chi connectivity index (χ0v) is 10.1. The smallest absolute Gasteiger partial charge is 0.164 e. The Hall–Kier alpha value is -0.290. The highest BCUT2D eigenvalue weighted by Gasteiger charge is 2.14. The molecule has 0 saturated carbocycles. The first kappa shape index (κ1) is 10.8. The van der Waals surface area contributed by atoms with Gasteiger partial charge < -0.3 is 4.74 Å². The van der Waals surface area contributed by atoms with Crippen LogP contribution in [-0.2, 0) is 0 Å². The number of ketones is 1. The van der Waals surface area contributed by atoms with Crippen LogP contribution in [0.2, 0.25) is 5.02 Å². The standard InChI is InChI=1S/C9H8ClIO2/c1-5(12)8-7(11)4-3-6(10)9(8)13-2/h3-4H,1-2H3. The van der Waals surface area contributed by atoms with E-state index < -0.39 is 0 Å². The molecule has 0 heterocycles. The van der Waals surface area contributed by atoms with E-state index in [2.05, 4.69) is 22.6 Å². The van der Waals surface area contributed by atoms with Crippen LogP contribution in [0.15, 0.2) is 12.1 Å². The van der Waals surface area contributed by atoms with Crippen molar-refractivity contribution in [3.05, 3.63) is 26.3 Å². The van der Waals surface area contributed by atoms with Crippen molar-refractivity contribution in [1.82, 2.24) is 0 Å². The first-order valence-corrected chi connectivity index (χ1v) is 5.06. The van der Waals surface area contributed by atoms with E-state index in [1.54, 1.807) is 12.1 Å². The molecule has 4 heteroatoms. The van der Waals surface area contributed by atoms with Crippen LogP contribution in [0.25, 0.3) is 0 Å². The monoisotopic (exact) mass is 310 g/mol. The molecule has 0 aliphatic rings. The number of benzene rings is 1. The Morgan fingerprint density at radius 3 is 2.54 bits per heavy atom. The van der Waals surface area contributed by atoms with Gasteiger partial charge >= 0.3 is 0 Å². The summed E-state index contributed by atoms with van der Waals surface area (Å²) in [5, 5.41) is 0.466. The molecule has 0 aliphatic carbocycles. The minimum absolute atomic E-state index is 0.0382. The van der Waals surface area contributed by atoms with Crippen molar-refractivity contribution in [3.8, 4) is 5.75 Å². The molecule has 0 fully saturated rings. The van der Waals surface area contributed by atoms with Crippen molar-refractivity contribution >= 4 is 40.0 Å². The summed E-state index contributed by atoms with van der Waals surface area (Å²) in [4.78, 5) is 11.3. The zero-order chi connectivity index (χ0) is 10.0. The fourth-order valence-corrected chi connectivity index (χ4v) is 2.10. The summed E-state index contributed by atoms with van der Waals surface area (Å²) in [5.41, 5.74) is 0.551. The Balaban J connectivity index is 3.43. The minimum Gasteiger partial charge on any atom is -0.494 e. The first-order chi connectivity index (χ1) is 6.07. The van der Waals surface area contributed by atoms with Crippen LogP contribution in [0.1, 0.15) is 17.3 Å². The molecule has 0 unspecified atom stereocenters. The average Bonchev–Trinajstić information content (AvgIpc) is 2.07. The van der Waals surface area contributed by atoms with Gasteiger partial charge in [-0.15, -0.1) is 0 Å².